The predicted octanol–water partition coefficient (Wildman–Crippen LogP) is 2.42. The van der Waals surface area contributed by atoms with Gasteiger partial charge in [-0.15, -0.1) is 5.10 Å². The lowest BCUT2D eigenvalue weighted by molar-refractivity contribution is -0.117. The maximum Gasteiger partial charge on any atom is 0.278 e. The zero-order valence-electron chi connectivity index (χ0n) is 21.5. The Bertz CT molecular complexity index is 1680. The Morgan fingerprint density at radius 3 is 2.69 bits per heavy atom. The normalized spacial score (nSPS) is 15.9. The first-order valence-electron chi connectivity index (χ1n) is 12.4. The number of anilines is 2. The maximum atomic E-state index is 13.1. The van der Waals surface area contributed by atoms with E-state index in [-0.39, 0.29) is 16.5 Å². The molecule has 4 heterocycles. The molecule has 1 aromatic carbocycles. The Kier molecular flexibility index (Phi) is 7.12. The van der Waals surface area contributed by atoms with E-state index >= 15 is 0 Å². The van der Waals surface area contributed by atoms with Gasteiger partial charge in [0.25, 0.3) is 5.91 Å². The molecule has 5 rings (SSSR count). The molecule has 12 nitrogen and oxygen atoms in total. The van der Waals surface area contributed by atoms with Crippen LogP contribution < -0.4 is 15.8 Å². The highest BCUT2D eigenvalue weighted by Gasteiger charge is 2.23. The molecule has 1 fully saturated rings. The molecule has 4 aromatic rings. The fourth-order valence-corrected chi connectivity index (χ4v) is 5.16. The number of pyridine rings is 2. The summed E-state index contributed by atoms with van der Waals surface area (Å²) in [5, 5.41) is 19.0. The molecule has 0 saturated carbocycles. The molecule has 1 saturated heterocycles. The lowest BCUT2D eigenvalue weighted by atomic mass is 10.1. The van der Waals surface area contributed by atoms with Crippen molar-refractivity contribution in [2.45, 2.75) is 37.6 Å². The van der Waals surface area contributed by atoms with E-state index < -0.39 is 15.9 Å². The van der Waals surface area contributed by atoms with Crippen LogP contribution in [-0.2, 0) is 14.8 Å². The van der Waals surface area contributed by atoms with Crippen LogP contribution >= 0.6 is 0 Å². The Hall–Kier alpha value is -4.20. The van der Waals surface area contributed by atoms with Gasteiger partial charge in [0.15, 0.2) is 5.69 Å². The topological polar surface area (TPSA) is 165 Å². The summed E-state index contributed by atoms with van der Waals surface area (Å²) in [5.41, 5.74) is 3.31. The highest BCUT2D eigenvalue weighted by atomic mass is 32.2. The summed E-state index contributed by atoms with van der Waals surface area (Å²) in [5.74, 6) is -0.630. The zero-order chi connectivity index (χ0) is 27.7. The average molecular weight is 549 g/mol. The number of benzene rings is 1. The minimum Gasteiger partial charge on any atom is -0.324 e. The summed E-state index contributed by atoms with van der Waals surface area (Å²) >= 11 is 0. The van der Waals surface area contributed by atoms with Crippen LogP contribution in [0.5, 0.6) is 0 Å². The number of nitrogens with two attached hydrogens (primary N) is 1. The van der Waals surface area contributed by atoms with E-state index in [0.29, 0.717) is 46.3 Å². The number of primary sulfonamides is 1. The molecule has 4 N–H and O–H groups in total. The molecule has 2 amide bonds. The fourth-order valence-electron chi connectivity index (χ4n) is 4.60. The number of aromatic nitrogens is 4. The molecule has 3 aromatic heterocycles. The number of sulfonamides is 1. The van der Waals surface area contributed by atoms with Gasteiger partial charge in [-0.05, 0) is 63.1 Å². The number of nitrogens with zero attached hydrogens (tertiary/aromatic N) is 5. The van der Waals surface area contributed by atoms with E-state index in [9.17, 15) is 18.0 Å². The van der Waals surface area contributed by atoms with E-state index in [1.807, 2.05) is 0 Å². The molecule has 0 spiro atoms. The van der Waals surface area contributed by atoms with Gasteiger partial charge >= 0.3 is 0 Å². The van der Waals surface area contributed by atoms with Gasteiger partial charge in [0.05, 0.1) is 40.2 Å². The van der Waals surface area contributed by atoms with Gasteiger partial charge in [0.1, 0.15) is 0 Å². The van der Waals surface area contributed by atoms with E-state index in [1.165, 1.54) is 16.6 Å². The first kappa shape index (κ1) is 26.4. The zero-order valence-corrected chi connectivity index (χ0v) is 22.3. The predicted molar refractivity (Wildman–Crippen MR) is 146 cm³/mol. The van der Waals surface area contributed by atoms with Gasteiger partial charge in [-0.2, -0.15) is 0 Å². The van der Waals surface area contributed by atoms with E-state index in [2.05, 4.69) is 37.8 Å². The number of hydrogen-bond donors (Lipinski definition) is 3. The van der Waals surface area contributed by atoms with Crippen LogP contribution in [0.15, 0.2) is 59.8 Å². The van der Waals surface area contributed by atoms with Crippen molar-refractivity contribution in [2.75, 3.05) is 23.7 Å². The third-order valence-electron chi connectivity index (χ3n) is 6.78. The lowest BCUT2D eigenvalue weighted by Gasteiger charge is -2.20. The molecule has 0 aliphatic carbocycles. The average Bonchev–Trinajstić information content (AvgIpc) is 3.51. The Labute approximate surface area is 225 Å². The Balaban J connectivity index is 1.32. The summed E-state index contributed by atoms with van der Waals surface area (Å²) < 4.78 is 24.9. The minimum atomic E-state index is -3.85. The van der Waals surface area contributed by atoms with Gasteiger partial charge in [-0.3, -0.25) is 19.5 Å². The fraction of sp³-hybridized carbons (Fsp3) is 0.269. The first-order chi connectivity index (χ1) is 18.6. The van der Waals surface area contributed by atoms with Crippen LogP contribution in [0.4, 0.5) is 11.4 Å². The van der Waals surface area contributed by atoms with Crippen LogP contribution in [0.25, 0.3) is 16.6 Å². The van der Waals surface area contributed by atoms with Crippen LogP contribution in [0, 0.1) is 6.92 Å². The Morgan fingerprint density at radius 1 is 1.13 bits per heavy atom. The summed E-state index contributed by atoms with van der Waals surface area (Å²) in [7, 11) is -3.85. The molecule has 202 valence electrons. The van der Waals surface area contributed by atoms with Crippen molar-refractivity contribution in [3.8, 4) is 11.1 Å². The van der Waals surface area contributed by atoms with Gasteiger partial charge in [-0.25, -0.2) is 18.1 Å². The molecule has 0 radical (unpaired) electrons. The van der Waals surface area contributed by atoms with Gasteiger partial charge < -0.3 is 10.6 Å². The van der Waals surface area contributed by atoms with Gasteiger partial charge in [0.2, 0.25) is 15.9 Å². The molecule has 1 aliphatic rings. The summed E-state index contributed by atoms with van der Waals surface area (Å²) in [6.45, 7) is 5.07. The number of rotatable bonds is 7. The monoisotopic (exact) mass is 548 g/mol. The standard InChI is InChI=1S/C26H28N8O4S/c1-16-5-4-10-33(16)15-24(35)29-20-12-22(17(2)28-13-20)30-26(36)25-23-9-8-19(14-34(23)32-31-25)18-6-3-7-21(11-18)39(27,37)38/h3,6-9,11-14,16H,4-5,10,15H2,1-2H3,(H,29,35)(H,30,36)(H2,27,37,38)/t16-/m0/s1. The molecule has 1 atom stereocenters. The summed E-state index contributed by atoms with van der Waals surface area (Å²) in [4.78, 5) is 32.1. The number of amides is 2. The molecular formula is C26H28N8O4S. The van der Waals surface area contributed by atoms with Gasteiger partial charge in [-0.1, -0.05) is 23.4 Å². The van der Waals surface area contributed by atoms with E-state index in [0.717, 1.165) is 19.4 Å². The molecule has 0 bridgehead atoms. The number of nitrogens with one attached hydrogen (secondary N) is 2. The van der Waals surface area contributed by atoms with Crippen molar-refractivity contribution in [3.05, 3.63) is 66.2 Å². The molecular weight excluding hydrogens is 520 g/mol. The first-order valence-corrected chi connectivity index (χ1v) is 13.9. The minimum absolute atomic E-state index is 0.00763. The molecule has 13 heteroatoms. The van der Waals surface area contributed by atoms with Crippen LogP contribution in [0.3, 0.4) is 0 Å². The Morgan fingerprint density at radius 2 is 1.95 bits per heavy atom. The van der Waals surface area contributed by atoms with Crippen LogP contribution in [0.1, 0.15) is 35.9 Å². The van der Waals surface area contributed by atoms with Crippen molar-refractivity contribution < 1.29 is 18.0 Å². The number of carbonyl (C=O) groups is 2. The van der Waals surface area contributed by atoms with Crippen molar-refractivity contribution >= 4 is 38.7 Å². The van der Waals surface area contributed by atoms with Crippen molar-refractivity contribution in [1.82, 2.24) is 24.7 Å². The number of likely N-dealkylation sites (tertiary alicyclic amines) is 1. The second kappa shape index (κ2) is 10.5. The number of aryl methyl sites for hydroxylation is 1. The SMILES string of the molecule is Cc1ncc(NC(=O)CN2CCC[C@@H]2C)cc1NC(=O)c1nnn2cc(-c3cccc(S(N)(=O)=O)c3)ccc12. The van der Waals surface area contributed by atoms with Crippen molar-refractivity contribution in [2.24, 2.45) is 5.14 Å². The second-order valence-electron chi connectivity index (χ2n) is 9.58. The lowest BCUT2D eigenvalue weighted by Crippen LogP contribution is -2.35. The van der Waals surface area contributed by atoms with Crippen LogP contribution in [0.2, 0.25) is 0 Å². The van der Waals surface area contributed by atoms with Crippen molar-refractivity contribution in [3.63, 3.8) is 0 Å². The third kappa shape index (κ3) is 5.79. The smallest absolute Gasteiger partial charge is 0.278 e. The number of hydrogen-bond acceptors (Lipinski definition) is 8. The quantitative estimate of drug-likeness (QED) is 0.317. The molecule has 1 aliphatic heterocycles. The van der Waals surface area contributed by atoms with E-state index in [4.69, 9.17) is 5.14 Å². The summed E-state index contributed by atoms with van der Waals surface area (Å²) in [6.07, 6.45) is 5.36. The second-order valence-corrected chi connectivity index (χ2v) is 11.1. The maximum absolute atomic E-state index is 13.1. The highest BCUT2D eigenvalue weighted by molar-refractivity contribution is 7.89. The highest BCUT2D eigenvalue weighted by Crippen LogP contribution is 2.24. The van der Waals surface area contributed by atoms with E-state index in [1.54, 1.807) is 49.6 Å². The third-order valence-corrected chi connectivity index (χ3v) is 7.69. The molecule has 39 heavy (non-hydrogen) atoms. The largest absolute Gasteiger partial charge is 0.324 e. The van der Waals surface area contributed by atoms with Gasteiger partial charge in [0, 0.05) is 17.8 Å². The van der Waals surface area contributed by atoms with Crippen molar-refractivity contribution in [1.29, 1.82) is 0 Å². The summed E-state index contributed by atoms with van der Waals surface area (Å²) in [6, 6.07) is 11.7. The number of carbonyl (C=O) groups excluding carboxylic acids is 2. The molecule has 0 unspecified atom stereocenters. The number of fused-ring (bicyclic) bond motifs is 1. The van der Waals surface area contributed by atoms with Crippen LogP contribution in [-0.4, -0.2) is 64.1 Å².